The van der Waals surface area contributed by atoms with Crippen LogP contribution >= 0.6 is 0 Å². The monoisotopic (exact) mass is 990 g/mol. The number of nitrogens with zero attached hydrogens (tertiary/aromatic N) is 6. The van der Waals surface area contributed by atoms with Crippen LogP contribution in [0.25, 0.3) is 12.2 Å². The number of H-pyrrole nitrogens is 2. The molecule has 6 N–H and O–H groups in total. The van der Waals surface area contributed by atoms with Crippen molar-refractivity contribution in [3.8, 4) is 12.0 Å². The number of hydrogen-bond acceptors (Lipinski definition) is 20. The summed E-state index contributed by atoms with van der Waals surface area (Å²) in [5, 5.41) is 29.7. The molecule has 0 atom stereocenters. The zero-order valence-electron chi connectivity index (χ0n) is 33.3. The summed E-state index contributed by atoms with van der Waals surface area (Å²) in [7, 11) is -19.4. The van der Waals surface area contributed by atoms with E-state index in [2.05, 4.69) is 50.5 Å². The SMILES string of the molecule is O=S(=O)([O-])c1ccc(Nc2nc([O-])[nH]c(=Nc3ccc(/C=C/c4ccc(N=c5nc(Nc6ccc(S(=O)(=O)[O-])cc6)nc([O-])[nH]5)cc4S(=O)(=O)O)c(S(=O)(=O)O)c3)n2)cc1.[Na+].[Na+].[Na+].[Na+]. The van der Waals surface area contributed by atoms with Gasteiger partial charge in [0.25, 0.3) is 20.2 Å². The van der Waals surface area contributed by atoms with E-state index >= 15 is 0 Å². The van der Waals surface area contributed by atoms with Crippen LogP contribution in [0, 0.1) is 0 Å². The van der Waals surface area contributed by atoms with E-state index in [0.717, 1.165) is 60.7 Å². The Hall–Kier alpha value is -2.92. The van der Waals surface area contributed by atoms with E-state index in [1.165, 1.54) is 36.4 Å². The summed E-state index contributed by atoms with van der Waals surface area (Å²) < 4.78 is 137. The van der Waals surface area contributed by atoms with Gasteiger partial charge in [0, 0.05) is 11.4 Å². The van der Waals surface area contributed by atoms with Gasteiger partial charge in [0.15, 0.2) is 0 Å². The molecule has 6 rings (SSSR count). The van der Waals surface area contributed by atoms with Gasteiger partial charge < -0.3 is 39.9 Å². The minimum Gasteiger partial charge on any atom is -0.846 e. The van der Waals surface area contributed by atoms with Crippen molar-refractivity contribution >= 4 is 87.3 Å². The normalized spacial score (nSPS) is 12.3. The first kappa shape index (κ1) is 57.2. The second kappa shape index (κ2) is 23.2. The fourth-order valence-corrected chi connectivity index (χ4v) is 7.31. The molecule has 0 bridgehead atoms. The molecule has 0 saturated carbocycles. The van der Waals surface area contributed by atoms with E-state index in [-0.39, 0.29) is 164 Å². The maximum absolute atomic E-state index is 12.4. The molecule has 0 amide bonds. The van der Waals surface area contributed by atoms with Crippen molar-refractivity contribution in [3.05, 3.63) is 107 Å². The van der Waals surface area contributed by atoms with Crippen LogP contribution in [0.2, 0.25) is 0 Å². The summed E-state index contributed by atoms with van der Waals surface area (Å²) in [4.78, 5) is 25.3. The summed E-state index contributed by atoms with van der Waals surface area (Å²) in [5.41, 5.74) is -1.15. The fourth-order valence-electron chi connectivity index (χ4n) is 4.96. The van der Waals surface area contributed by atoms with Crippen molar-refractivity contribution in [2.45, 2.75) is 19.6 Å². The number of nitrogens with one attached hydrogen (secondary N) is 4. The number of aromatic nitrogens is 6. The molecule has 0 aliphatic carbocycles. The van der Waals surface area contributed by atoms with Gasteiger partial charge in [0.05, 0.1) is 33.2 Å². The van der Waals surface area contributed by atoms with Gasteiger partial charge >= 0.3 is 118 Å². The zero-order valence-corrected chi connectivity index (χ0v) is 44.6. The molecule has 64 heavy (non-hydrogen) atoms. The third kappa shape index (κ3) is 15.9. The minimum atomic E-state index is -5.00. The van der Waals surface area contributed by atoms with E-state index in [1.807, 2.05) is 0 Å². The van der Waals surface area contributed by atoms with Gasteiger partial charge in [-0.25, -0.2) is 36.8 Å². The molecular formula is C32H22N10Na4O14S4. The summed E-state index contributed by atoms with van der Waals surface area (Å²) >= 11 is 0. The van der Waals surface area contributed by atoms with Crippen LogP contribution in [0.15, 0.2) is 114 Å². The van der Waals surface area contributed by atoms with E-state index in [9.17, 15) is 62.1 Å². The molecule has 0 spiro atoms. The van der Waals surface area contributed by atoms with Gasteiger partial charge in [-0.2, -0.15) is 26.8 Å². The predicted molar refractivity (Wildman–Crippen MR) is 199 cm³/mol. The first-order valence-electron chi connectivity index (χ1n) is 16.0. The van der Waals surface area contributed by atoms with Gasteiger partial charge in [-0.15, -0.1) is 0 Å². The molecule has 24 nitrogen and oxygen atoms in total. The Morgan fingerprint density at radius 2 is 0.844 bits per heavy atom. The smallest absolute Gasteiger partial charge is 0.846 e. The molecule has 4 aromatic carbocycles. The van der Waals surface area contributed by atoms with Crippen molar-refractivity contribution in [1.29, 1.82) is 0 Å². The molecule has 2 heterocycles. The summed E-state index contributed by atoms with van der Waals surface area (Å²) in [6.07, 6.45) is 2.18. The van der Waals surface area contributed by atoms with E-state index in [0.29, 0.717) is 0 Å². The molecule has 0 fully saturated rings. The van der Waals surface area contributed by atoms with Crippen LogP contribution in [0.1, 0.15) is 11.1 Å². The standard InChI is InChI=1S/C32H26N10O14S4.4Na/c43-31-39-27(33-19-7-11-23(12-8-19)57(45,46)47)37-29(41-31)35-21-5-3-17(25(15-21)59(51,52)53)1-2-18-4-6-22(16-26(18)60(54,55)56)36-30-38-28(40-32(44)42-30)34-20-9-13-24(14-10-20)58(48,49)50;;;;/h1-16H,(H,45,46,47)(H,48,49,50)(H,51,52,53)(H,54,55,56)(H3,33,35,37,39,41,43)(H3,34,36,38,40,42,44);;;;/q;4*+1/p-4/b2-1+;;;;. The maximum Gasteiger partial charge on any atom is 1.00 e. The Balaban J connectivity index is 0.00000352. The number of rotatable bonds is 12. The quantitative estimate of drug-likeness (QED) is 0.0377. The summed E-state index contributed by atoms with van der Waals surface area (Å²) in [6.45, 7) is 0. The topological polar surface area (TPSA) is 401 Å². The third-order valence-electron chi connectivity index (χ3n) is 7.54. The molecule has 6 aromatic rings. The molecule has 0 radical (unpaired) electrons. The Morgan fingerprint density at radius 1 is 0.516 bits per heavy atom. The Morgan fingerprint density at radius 3 is 1.14 bits per heavy atom. The molecular weight excluding hydrogens is 969 g/mol. The Bertz CT molecular complexity index is 3090. The molecule has 0 aliphatic heterocycles. The third-order valence-corrected chi connectivity index (χ3v) is 11.1. The number of anilines is 4. The van der Waals surface area contributed by atoms with Crippen LogP contribution in [-0.2, 0) is 40.5 Å². The maximum atomic E-state index is 12.4. The largest absolute Gasteiger partial charge is 1.00 e. The molecule has 312 valence electrons. The predicted octanol–water partition coefficient (Wildman–Crippen LogP) is -11.5. The molecule has 0 saturated heterocycles. The van der Waals surface area contributed by atoms with Crippen molar-refractivity contribution in [3.63, 3.8) is 0 Å². The zero-order chi connectivity index (χ0) is 43.6. The van der Waals surface area contributed by atoms with Crippen molar-refractivity contribution in [2.24, 2.45) is 9.98 Å². The molecule has 32 heteroatoms. The van der Waals surface area contributed by atoms with E-state index in [1.54, 1.807) is 0 Å². The number of aromatic amines is 2. The molecule has 2 aromatic heterocycles. The van der Waals surface area contributed by atoms with Gasteiger partial charge in [0.2, 0.25) is 23.1 Å². The first-order chi connectivity index (χ1) is 28.0. The van der Waals surface area contributed by atoms with Crippen LogP contribution in [0.5, 0.6) is 12.0 Å². The Kier molecular flexibility index (Phi) is 20.7. The van der Waals surface area contributed by atoms with Crippen molar-refractivity contribution < 1.29 is 180 Å². The molecule has 0 aliphatic rings. The average molecular weight is 991 g/mol. The van der Waals surface area contributed by atoms with Crippen molar-refractivity contribution in [1.82, 2.24) is 29.9 Å². The van der Waals surface area contributed by atoms with Gasteiger partial charge in [-0.1, -0.05) is 24.3 Å². The first-order valence-corrected chi connectivity index (χ1v) is 21.7. The summed E-state index contributed by atoms with van der Waals surface area (Å²) in [5.74, 6) is -0.652. The van der Waals surface area contributed by atoms with Crippen LogP contribution in [0.4, 0.5) is 34.6 Å². The van der Waals surface area contributed by atoms with Gasteiger partial charge in [-0.3, -0.25) is 9.11 Å². The fraction of sp³-hybridized carbons (Fsp3) is 0. The van der Waals surface area contributed by atoms with Crippen LogP contribution < -0.4 is 150 Å². The van der Waals surface area contributed by atoms with Crippen molar-refractivity contribution in [2.75, 3.05) is 10.6 Å². The average Bonchev–Trinajstić information content (AvgIpc) is 3.13. The van der Waals surface area contributed by atoms with Gasteiger partial charge in [-0.05, 0) is 83.9 Å². The van der Waals surface area contributed by atoms with E-state index < -0.39 is 83.3 Å². The van der Waals surface area contributed by atoms with Crippen LogP contribution in [0.3, 0.4) is 0 Å². The molecule has 0 unspecified atom stereocenters. The number of hydrogen-bond donors (Lipinski definition) is 6. The number of benzene rings is 4. The minimum absolute atomic E-state index is 0. The second-order valence-electron chi connectivity index (χ2n) is 11.8. The summed E-state index contributed by atoms with van der Waals surface area (Å²) in [6, 6.07) is 13.6. The second-order valence-corrected chi connectivity index (χ2v) is 17.3. The van der Waals surface area contributed by atoms with E-state index in [4.69, 9.17) is 0 Å². The van der Waals surface area contributed by atoms with Crippen LogP contribution in [-0.4, -0.2) is 81.8 Å². The Labute approximate surface area is 451 Å². The van der Waals surface area contributed by atoms with Gasteiger partial charge in [0.1, 0.15) is 30.0 Å².